The number of para-hydroxylation sites is 2. The molecule has 2 heteroatoms. The summed E-state index contributed by atoms with van der Waals surface area (Å²) in [6.45, 7) is 8.93. The van der Waals surface area contributed by atoms with Crippen molar-refractivity contribution in [2.24, 2.45) is 12.0 Å². The van der Waals surface area contributed by atoms with E-state index in [9.17, 15) is 0 Å². The van der Waals surface area contributed by atoms with Gasteiger partial charge in [-0.25, -0.2) is 0 Å². The Morgan fingerprint density at radius 2 is 1.50 bits per heavy atom. The molecule has 0 aliphatic carbocycles. The molecule has 2 nitrogen and oxygen atoms in total. The van der Waals surface area contributed by atoms with Crippen molar-refractivity contribution in [3.05, 3.63) is 65.4 Å². The van der Waals surface area contributed by atoms with Crippen molar-refractivity contribution in [2.75, 3.05) is 0 Å². The number of hydrogen-bond donors (Lipinski definition) is 0. The Kier molecular flexibility index (Phi) is 4.57. The zero-order valence-corrected chi connectivity index (χ0v) is 15.2. The lowest BCUT2D eigenvalue weighted by Crippen LogP contribution is -1.95. The van der Waals surface area contributed by atoms with Crippen LogP contribution in [0.2, 0.25) is 0 Å². The van der Waals surface area contributed by atoms with E-state index in [1.54, 1.807) is 0 Å². The lowest BCUT2D eigenvalue weighted by Gasteiger charge is -2.16. The van der Waals surface area contributed by atoms with Crippen LogP contribution >= 0.6 is 0 Å². The maximum atomic E-state index is 4.94. The first-order chi connectivity index (χ1) is 11.5. The van der Waals surface area contributed by atoms with Crippen LogP contribution in [-0.2, 0) is 7.05 Å². The second-order valence-electron chi connectivity index (χ2n) is 7.07. The molecule has 1 aromatic heterocycles. The summed E-state index contributed by atoms with van der Waals surface area (Å²) in [5.74, 6) is 0.923. The fourth-order valence-electron chi connectivity index (χ4n) is 3.27. The Hall–Kier alpha value is -2.35. The number of aryl methyl sites for hydroxylation is 1. The summed E-state index contributed by atoms with van der Waals surface area (Å²) in [5, 5.41) is 1.25. The van der Waals surface area contributed by atoms with E-state index in [0.717, 1.165) is 5.69 Å². The van der Waals surface area contributed by atoms with Gasteiger partial charge in [0.25, 0.3) is 0 Å². The smallest absolute Gasteiger partial charge is 0.0699 e. The number of nitrogens with zero attached hydrogens (tertiary/aromatic N) is 2. The minimum Gasteiger partial charge on any atom is -0.350 e. The van der Waals surface area contributed by atoms with Crippen molar-refractivity contribution in [2.45, 2.75) is 39.5 Å². The van der Waals surface area contributed by atoms with Crippen LogP contribution in [0, 0.1) is 0 Å². The maximum Gasteiger partial charge on any atom is 0.0699 e. The van der Waals surface area contributed by atoms with Crippen molar-refractivity contribution in [1.82, 2.24) is 4.57 Å². The van der Waals surface area contributed by atoms with E-state index in [0.29, 0.717) is 11.8 Å². The third-order valence-corrected chi connectivity index (χ3v) is 4.60. The number of rotatable bonds is 4. The van der Waals surface area contributed by atoms with Crippen LogP contribution < -0.4 is 0 Å². The number of hydrogen-bond acceptors (Lipinski definition) is 1. The van der Waals surface area contributed by atoms with Crippen LogP contribution in [-0.4, -0.2) is 10.8 Å². The molecule has 2 aromatic carbocycles. The van der Waals surface area contributed by atoms with Crippen molar-refractivity contribution >= 4 is 22.8 Å². The minimum absolute atomic E-state index is 0.461. The SMILES string of the molecule is CC(C)c1cccc(C(C)C)c1N=Cc1cn(C)c2ccccc12. The summed E-state index contributed by atoms with van der Waals surface area (Å²) in [6.07, 6.45) is 4.18. The molecule has 0 aliphatic heterocycles. The predicted octanol–water partition coefficient (Wildman–Crippen LogP) is 6.18. The van der Waals surface area contributed by atoms with Crippen molar-refractivity contribution in [1.29, 1.82) is 0 Å². The third kappa shape index (κ3) is 3.01. The van der Waals surface area contributed by atoms with Crippen LogP contribution in [0.25, 0.3) is 10.9 Å². The Labute approximate surface area is 144 Å². The molecular weight excluding hydrogens is 292 g/mol. The van der Waals surface area contributed by atoms with Gasteiger partial charge in [-0.2, -0.15) is 0 Å². The fourth-order valence-corrected chi connectivity index (χ4v) is 3.27. The summed E-state index contributed by atoms with van der Waals surface area (Å²) >= 11 is 0. The molecule has 0 unspecified atom stereocenters. The maximum absolute atomic E-state index is 4.94. The van der Waals surface area contributed by atoms with E-state index in [1.807, 2.05) is 6.21 Å². The summed E-state index contributed by atoms with van der Waals surface area (Å²) in [6, 6.07) is 15.0. The highest BCUT2D eigenvalue weighted by Crippen LogP contribution is 2.34. The van der Waals surface area contributed by atoms with E-state index in [-0.39, 0.29) is 0 Å². The molecule has 3 aromatic rings. The standard InChI is InChI=1S/C22H26N2/c1-15(2)18-10-8-11-19(16(3)4)22(18)23-13-17-14-24(5)21-12-7-6-9-20(17)21/h6-16H,1-5H3. The molecule has 0 radical (unpaired) electrons. The largest absolute Gasteiger partial charge is 0.350 e. The molecule has 0 amide bonds. The quantitative estimate of drug-likeness (QED) is 0.511. The molecule has 0 spiro atoms. The van der Waals surface area contributed by atoms with E-state index >= 15 is 0 Å². The molecule has 0 atom stereocenters. The molecule has 0 saturated heterocycles. The van der Waals surface area contributed by atoms with Crippen LogP contribution in [0.15, 0.2) is 53.7 Å². The minimum atomic E-state index is 0.461. The molecule has 0 bridgehead atoms. The van der Waals surface area contributed by atoms with Crippen LogP contribution in [0.1, 0.15) is 56.2 Å². The summed E-state index contributed by atoms with van der Waals surface area (Å²) in [5.41, 5.74) is 6.17. The highest BCUT2D eigenvalue weighted by atomic mass is 14.9. The summed E-state index contributed by atoms with van der Waals surface area (Å²) in [4.78, 5) is 4.94. The second kappa shape index (κ2) is 6.64. The monoisotopic (exact) mass is 318 g/mol. The Bertz CT molecular complexity index is 856. The summed E-state index contributed by atoms with van der Waals surface area (Å²) in [7, 11) is 2.08. The predicted molar refractivity (Wildman–Crippen MR) is 105 cm³/mol. The van der Waals surface area contributed by atoms with Crippen LogP contribution in [0.4, 0.5) is 5.69 Å². The van der Waals surface area contributed by atoms with Gasteiger partial charge >= 0.3 is 0 Å². The summed E-state index contributed by atoms with van der Waals surface area (Å²) < 4.78 is 2.16. The van der Waals surface area contributed by atoms with Crippen molar-refractivity contribution in [3.8, 4) is 0 Å². The molecule has 3 rings (SSSR count). The number of fused-ring (bicyclic) bond motifs is 1. The van der Waals surface area contributed by atoms with Crippen LogP contribution in [0.3, 0.4) is 0 Å². The zero-order chi connectivity index (χ0) is 17.3. The number of aromatic nitrogens is 1. The Balaban J connectivity index is 2.11. The van der Waals surface area contributed by atoms with E-state index in [4.69, 9.17) is 4.99 Å². The fraction of sp³-hybridized carbons (Fsp3) is 0.318. The first-order valence-electron chi connectivity index (χ1n) is 8.70. The van der Waals surface area contributed by atoms with Gasteiger partial charge in [-0.1, -0.05) is 64.1 Å². The highest BCUT2D eigenvalue weighted by Gasteiger charge is 2.13. The van der Waals surface area contributed by atoms with Gasteiger partial charge in [-0.3, -0.25) is 4.99 Å². The molecule has 1 heterocycles. The molecule has 0 saturated carbocycles. The Morgan fingerprint density at radius 1 is 0.875 bits per heavy atom. The lowest BCUT2D eigenvalue weighted by atomic mass is 9.93. The van der Waals surface area contributed by atoms with Gasteiger partial charge in [0, 0.05) is 35.9 Å². The van der Waals surface area contributed by atoms with Gasteiger partial charge in [-0.05, 0) is 29.0 Å². The van der Waals surface area contributed by atoms with Crippen molar-refractivity contribution < 1.29 is 0 Å². The van der Waals surface area contributed by atoms with Crippen LogP contribution in [0.5, 0.6) is 0 Å². The first kappa shape index (κ1) is 16.5. The van der Waals surface area contributed by atoms with E-state index < -0.39 is 0 Å². The normalized spacial score (nSPS) is 12.1. The van der Waals surface area contributed by atoms with Gasteiger partial charge in [0.1, 0.15) is 0 Å². The zero-order valence-electron chi connectivity index (χ0n) is 15.2. The molecule has 0 N–H and O–H groups in total. The van der Waals surface area contributed by atoms with Gasteiger partial charge in [0.15, 0.2) is 0 Å². The van der Waals surface area contributed by atoms with Gasteiger partial charge in [-0.15, -0.1) is 0 Å². The average molecular weight is 318 g/mol. The lowest BCUT2D eigenvalue weighted by molar-refractivity contribution is 0.835. The topological polar surface area (TPSA) is 17.3 Å². The Morgan fingerprint density at radius 3 is 2.12 bits per heavy atom. The molecule has 0 aliphatic rings. The van der Waals surface area contributed by atoms with E-state index in [2.05, 4.69) is 88.0 Å². The molecule has 124 valence electrons. The molecule has 0 fully saturated rings. The average Bonchev–Trinajstić information content (AvgIpc) is 2.89. The highest BCUT2D eigenvalue weighted by molar-refractivity contribution is 6.00. The van der Waals surface area contributed by atoms with Gasteiger partial charge in [0.2, 0.25) is 0 Å². The second-order valence-corrected chi connectivity index (χ2v) is 7.07. The van der Waals surface area contributed by atoms with Gasteiger partial charge < -0.3 is 4.57 Å². The molecule has 24 heavy (non-hydrogen) atoms. The van der Waals surface area contributed by atoms with Crippen molar-refractivity contribution in [3.63, 3.8) is 0 Å². The van der Waals surface area contributed by atoms with E-state index in [1.165, 1.54) is 27.6 Å². The van der Waals surface area contributed by atoms with Gasteiger partial charge in [0.05, 0.1) is 5.69 Å². The number of benzene rings is 2. The first-order valence-corrected chi connectivity index (χ1v) is 8.70. The number of aliphatic imine (C=N–C) groups is 1. The molecular formula is C22H26N2. The third-order valence-electron chi connectivity index (χ3n) is 4.60.